The van der Waals surface area contributed by atoms with Crippen LogP contribution in [0, 0.1) is 0 Å². The zero-order valence-corrected chi connectivity index (χ0v) is 15.7. The van der Waals surface area contributed by atoms with E-state index in [1.807, 2.05) is 25.1 Å². The highest BCUT2D eigenvalue weighted by Crippen LogP contribution is 2.10. The highest BCUT2D eigenvalue weighted by Gasteiger charge is 2.17. The molecule has 2 rings (SSSR count). The minimum atomic E-state index is -3.75. The number of carbonyl (C=O) groups excluding carboxylic acids is 1. The van der Waals surface area contributed by atoms with Gasteiger partial charge in [0.1, 0.15) is 4.90 Å². The molecule has 0 spiro atoms. The monoisotopic (exact) mass is 387 g/mol. The zero-order valence-electron chi connectivity index (χ0n) is 14.0. The van der Waals surface area contributed by atoms with Crippen molar-refractivity contribution in [1.29, 1.82) is 0 Å². The van der Waals surface area contributed by atoms with E-state index in [1.54, 1.807) is 13.1 Å². The average molecular weight is 388 g/mol. The summed E-state index contributed by atoms with van der Waals surface area (Å²) in [6.45, 7) is 3.22. The van der Waals surface area contributed by atoms with Gasteiger partial charge in [0.25, 0.3) is 0 Å². The summed E-state index contributed by atoms with van der Waals surface area (Å²) in [6, 6.07) is 7.38. The SMILES string of the molecule is CCNCc1cccc(NC(=O)CNS(=O)(=O)c2cnn(C)c2)c1.Cl. The van der Waals surface area contributed by atoms with Crippen LogP contribution in [0.25, 0.3) is 0 Å². The Balaban J connectivity index is 0.00000312. The van der Waals surface area contributed by atoms with E-state index in [0.29, 0.717) is 12.2 Å². The molecule has 0 radical (unpaired) electrons. The average Bonchev–Trinajstić information content (AvgIpc) is 2.99. The number of benzene rings is 1. The maximum Gasteiger partial charge on any atom is 0.244 e. The fourth-order valence-electron chi connectivity index (χ4n) is 2.02. The molecule has 138 valence electrons. The Labute approximate surface area is 153 Å². The summed E-state index contributed by atoms with van der Waals surface area (Å²) < 4.78 is 27.7. The Kier molecular flexibility index (Phi) is 8.04. The Morgan fingerprint density at radius 2 is 2.08 bits per heavy atom. The predicted molar refractivity (Wildman–Crippen MR) is 98.1 cm³/mol. The number of aromatic nitrogens is 2. The second-order valence-electron chi connectivity index (χ2n) is 5.20. The molecule has 1 aromatic carbocycles. The third kappa shape index (κ3) is 6.46. The van der Waals surface area contributed by atoms with E-state index in [2.05, 4.69) is 20.5 Å². The molecule has 0 aliphatic heterocycles. The topological polar surface area (TPSA) is 105 Å². The molecule has 10 heteroatoms. The zero-order chi connectivity index (χ0) is 17.6. The van der Waals surface area contributed by atoms with Gasteiger partial charge in [0, 0.05) is 25.5 Å². The molecule has 2 aromatic rings. The number of halogens is 1. The number of aryl methyl sites for hydroxylation is 1. The number of nitrogens with one attached hydrogen (secondary N) is 3. The molecule has 3 N–H and O–H groups in total. The van der Waals surface area contributed by atoms with Crippen LogP contribution < -0.4 is 15.4 Å². The molecular weight excluding hydrogens is 366 g/mol. The summed E-state index contributed by atoms with van der Waals surface area (Å²) in [4.78, 5) is 12.0. The number of anilines is 1. The molecule has 0 saturated heterocycles. The first-order valence-electron chi connectivity index (χ1n) is 7.48. The van der Waals surface area contributed by atoms with Crippen LogP contribution in [0.15, 0.2) is 41.6 Å². The van der Waals surface area contributed by atoms with Gasteiger partial charge in [-0.2, -0.15) is 5.10 Å². The minimum Gasteiger partial charge on any atom is -0.325 e. The molecule has 0 unspecified atom stereocenters. The molecular formula is C15H22ClN5O3S. The van der Waals surface area contributed by atoms with Crippen LogP contribution >= 0.6 is 12.4 Å². The van der Waals surface area contributed by atoms with E-state index in [9.17, 15) is 13.2 Å². The van der Waals surface area contributed by atoms with Gasteiger partial charge in [-0.25, -0.2) is 13.1 Å². The van der Waals surface area contributed by atoms with Gasteiger partial charge in [0.05, 0.1) is 12.7 Å². The summed E-state index contributed by atoms with van der Waals surface area (Å²) in [6.07, 6.45) is 2.59. The number of carbonyl (C=O) groups is 1. The third-order valence-electron chi connectivity index (χ3n) is 3.20. The molecule has 0 saturated carbocycles. The fraction of sp³-hybridized carbons (Fsp3) is 0.333. The molecule has 0 aliphatic carbocycles. The van der Waals surface area contributed by atoms with E-state index < -0.39 is 15.9 Å². The van der Waals surface area contributed by atoms with Crippen LogP contribution in [0.5, 0.6) is 0 Å². The first-order chi connectivity index (χ1) is 11.4. The van der Waals surface area contributed by atoms with Crippen LogP contribution in [-0.4, -0.2) is 37.2 Å². The number of amides is 1. The molecule has 1 heterocycles. The Morgan fingerprint density at radius 1 is 1.32 bits per heavy atom. The summed E-state index contributed by atoms with van der Waals surface area (Å²) in [7, 11) is -2.13. The molecule has 1 aromatic heterocycles. The number of hydrogen-bond donors (Lipinski definition) is 3. The quantitative estimate of drug-likeness (QED) is 0.623. The van der Waals surface area contributed by atoms with Gasteiger partial charge in [-0.15, -0.1) is 12.4 Å². The van der Waals surface area contributed by atoms with Gasteiger partial charge >= 0.3 is 0 Å². The van der Waals surface area contributed by atoms with E-state index in [-0.39, 0.29) is 23.8 Å². The highest BCUT2D eigenvalue weighted by atomic mass is 35.5. The van der Waals surface area contributed by atoms with Crippen molar-refractivity contribution in [2.45, 2.75) is 18.4 Å². The number of nitrogens with zero attached hydrogens (tertiary/aromatic N) is 2. The van der Waals surface area contributed by atoms with Crippen LogP contribution in [0.2, 0.25) is 0 Å². The lowest BCUT2D eigenvalue weighted by atomic mass is 10.2. The summed E-state index contributed by atoms with van der Waals surface area (Å²) in [5.74, 6) is -0.442. The van der Waals surface area contributed by atoms with Gasteiger partial charge in [0.2, 0.25) is 15.9 Å². The van der Waals surface area contributed by atoms with Crippen LogP contribution in [0.4, 0.5) is 5.69 Å². The van der Waals surface area contributed by atoms with Gasteiger partial charge in [-0.1, -0.05) is 19.1 Å². The maximum absolute atomic E-state index is 12.0. The first kappa shape index (κ1) is 21.1. The van der Waals surface area contributed by atoms with Crippen molar-refractivity contribution in [3.63, 3.8) is 0 Å². The third-order valence-corrected chi connectivity index (χ3v) is 4.56. The Hall–Kier alpha value is -1.94. The van der Waals surface area contributed by atoms with E-state index in [4.69, 9.17) is 0 Å². The lowest BCUT2D eigenvalue weighted by Crippen LogP contribution is -2.32. The van der Waals surface area contributed by atoms with Crippen LogP contribution in [0.1, 0.15) is 12.5 Å². The van der Waals surface area contributed by atoms with E-state index in [1.165, 1.54) is 17.1 Å². The van der Waals surface area contributed by atoms with Gasteiger partial charge in [-0.3, -0.25) is 9.48 Å². The molecule has 8 nitrogen and oxygen atoms in total. The van der Waals surface area contributed by atoms with Gasteiger partial charge in [0.15, 0.2) is 0 Å². The molecule has 1 amide bonds. The second-order valence-corrected chi connectivity index (χ2v) is 6.97. The number of sulfonamides is 1. The van der Waals surface area contributed by atoms with Crippen LogP contribution in [0.3, 0.4) is 0 Å². The molecule has 0 aliphatic rings. The maximum atomic E-state index is 12.0. The van der Waals surface area contributed by atoms with Crippen molar-refractivity contribution in [2.75, 3.05) is 18.4 Å². The van der Waals surface area contributed by atoms with E-state index in [0.717, 1.165) is 12.1 Å². The van der Waals surface area contributed by atoms with Crippen molar-refractivity contribution in [1.82, 2.24) is 19.8 Å². The highest BCUT2D eigenvalue weighted by molar-refractivity contribution is 7.89. The molecule has 0 bridgehead atoms. The lowest BCUT2D eigenvalue weighted by Gasteiger charge is -2.08. The lowest BCUT2D eigenvalue weighted by molar-refractivity contribution is -0.115. The van der Waals surface area contributed by atoms with Crippen molar-refractivity contribution >= 4 is 34.0 Å². The molecule has 25 heavy (non-hydrogen) atoms. The van der Waals surface area contributed by atoms with Crippen molar-refractivity contribution in [2.24, 2.45) is 7.05 Å². The summed E-state index contributed by atoms with van der Waals surface area (Å²) in [5, 5.41) is 9.67. The second kappa shape index (κ2) is 9.52. The van der Waals surface area contributed by atoms with Crippen molar-refractivity contribution in [3.8, 4) is 0 Å². The minimum absolute atomic E-state index is 0. The first-order valence-corrected chi connectivity index (χ1v) is 8.97. The largest absolute Gasteiger partial charge is 0.325 e. The smallest absolute Gasteiger partial charge is 0.244 e. The fourth-order valence-corrected chi connectivity index (χ4v) is 2.98. The summed E-state index contributed by atoms with van der Waals surface area (Å²) >= 11 is 0. The molecule has 0 atom stereocenters. The standard InChI is InChI=1S/C15H21N5O3S.ClH/c1-3-16-8-12-5-4-6-13(7-12)19-15(21)10-18-24(22,23)14-9-17-20(2)11-14;/h4-7,9,11,16,18H,3,8,10H2,1-2H3,(H,19,21);1H. The Morgan fingerprint density at radius 3 is 2.72 bits per heavy atom. The van der Waals surface area contributed by atoms with Gasteiger partial charge in [-0.05, 0) is 24.2 Å². The van der Waals surface area contributed by atoms with Crippen LogP contribution in [-0.2, 0) is 28.4 Å². The van der Waals surface area contributed by atoms with Crippen molar-refractivity contribution in [3.05, 3.63) is 42.2 Å². The summed E-state index contributed by atoms with van der Waals surface area (Å²) in [5.41, 5.74) is 1.65. The predicted octanol–water partition coefficient (Wildman–Crippen LogP) is 0.868. The van der Waals surface area contributed by atoms with E-state index >= 15 is 0 Å². The van der Waals surface area contributed by atoms with Gasteiger partial charge < -0.3 is 10.6 Å². The normalized spacial score (nSPS) is 11.0. The number of rotatable bonds is 8. The Bertz CT molecular complexity index is 807. The van der Waals surface area contributed by atoms with Crippen molar-refractivity contribution < 1.29 is 13.2 Å². The molecule has 0 fully saturated rings. The number of hydrogen-bond acceptors (Lipinski definition) is 5.